The summed E-state index contributed by atoms with van der Waals surface area (Å²) in [4.78, 5) is 0. The zero-order valence-corrected chi connectivity index (χ0v) is 7.21. The molecule has 0 fully saturated rings. The molecule has 5 heteroatoms. The largest absolute Gasteiger partial charge is 0.370 e. The molecule has 0 radical (unpaired) electrons. The predicted octanol–water partition coefficient (Wildman–Crippen LogP) is 0.344. The van der Waals surface area contributed by atoms with Gasteiger partial charge in [0.15, 0.2) is 0 Å². The fourth-order valence-corrected chi connectivity index (χ4v) is 1.11. The molecule has 0 aliphatic rings. The van der Waals surface area contributed by atoms with Crippen molar-refractivity contribution < 1.29 is 8.42 Å². The zero-order chi connectivity index (χ0) is 9.03. The minimum Gasteiger partial charge on any atom is -0.370 e. The van der Waals surface area contributed by atoms with E-state index in [1.54, 1.807) is 12.1 Å². The van der Waals surface area contributed by atoms with Gasteiger partial charge >= 0.3 is 0 Å². The highest BCUT2D eigenvalue weighted by Crippen LogP contribution is 2.03. The molecule has 0 aromatic heterocycles. The van der Waals surface area contributed by atoms with Gasteiger partial charge in [0.25, 0.3) is 0 Å². The summed E-state index contributed by atoms with van der Waals surface area (Å²) in [6, 6.07) is 9.01. The molecule has 0 spiro atoms. The van der Waals surface area contributed by atoms with Crippen LogP contribution in [0.3, 0.4) is 0 Å². The van der Waals surface area contributed by atoms with E-state index in [9.17, 15) is 8.42 Å². The molecule has 0 saturated heterocycles. The lowest BCUT2D eigenvalue weighted by Gasteiger charge is -2.02. The molecular formula is C7H10N2O2S. The second-order valence-corrected chi connectivity index (χ2v) is 3.96. The van der Waals surface area contributed by atoms with Gasteiger partial charge in [-0.2, -0.15) is 0 Å². The Morgan fingerprint density at radius 3 is 2.33 bits per heavy atom. The molecular weight excluding hydrogens is 176 g/mol. The summed E-state index contributed by atoms with van der Waals surface area (Å²) in [5, 5.41) is 7.46. The van der Waals surface area contributed by atoms with Crippen molar-refractivity contribution in [2.75, 3.05) is 11.2 Å². The Morgan fingerprint density at radius 1 is 1.25 bits per heavy atom. The molecule has 3 N–H and O–H groups in total. The Morgan fingerprint density at radius 2 is 1.83 bits per heavy atom. The van der Waals surface area contributed by atoms with Crippen LogP contribution in [0.25, 0.3) is 0 Å². The minimum atomic E-state index is -3.43. The lowest BCUT2D eigenvalue weighted by Crippen LogP contribution is -2.22. The van der Waals surface area contributed by atoms with Crippen molar-refractivity contribution in [2.24, 2.45) is 5.14 Å². The van der Waals surface area contributed by atoms with Crippen molar-refractivity contribution in [3.8, 4) is 0 Å². The number of rotatable bonds is 3. The van der Waals surface area contributed by atoms with Gasteiger partial charge in [0, 0.05) is 5.69 Å². The average Bonchev–Trinajstić information content (AvgIpc) is 2.02. The first-order valence-corrected chi connectivity index (χ1v) is 5.09. The van der Waals surface area contributed by atoms with Crippen LogP contribution in [0.5, 0.6) is 0 Å². The third-order valence-electron chi connectivity index (χ3n) is 1.25. The maximum absolute atomic E-state index is 10.5. The topological polar surface area (TPSA) is 72.2 Å². The minimum absolute atomic E-state index is 0.239. The van der Waals surface area contributed by atoms with E-state index in [1.165, 1.54) is 0 Å². The van der Waals surface area contributed by atoms with Crippen LogP contribution in [0.1, 0.15) is 0 Å². The van der Waals surface area contributed by atoms with E-state index >= 15 is 0 Å². The number of hydrogen-bond donors (Lipinski definition) is 2. The van der Waals surface area contributed by atoms with Gasteiger partial charge in [-0.1, -0.05) is 18.2 Å². The molecule has 1 aromatic rings. The first kappa shape index (κ1) is 9.02. The van der Waals surface area contributed by atoms with Crippen molar-refractivity contribution in [1.29, 1.82) is 0 Å². The molecule has 0 amide bonds. The Hall–Kier alpha value is -1.07. The van der Waals surface area contributed by atoms with Crippen molar-refractivity contribution in [3.63, 3.8) is 0 Å². The molecule has 66 valence electrons. The highest BCUT2D eigenvalue weighted by atomic mass is 32.2. The zero-order valence-electron chi connectivity index (χ0n) is 6.40. The third kappa shape index (κ3) is 3.36. The van der Waals surface area contributed by atoms with Crippen molar-refractivity contribution >= 4 is 15.7 Å². The maximum atomic E-state index is 10.5. The van der Waals surface area contributed by atoms with Gasteiger partial charge < -0.3 is 5.32 Å². The molecule has 0 aliphatic carbocycles. The summed E-state index contributed by atoms with van der Waals surface area (Å²) >= 11 is 0. The second-order valence-electron chi connectivity index (χ2n) is 2.35. The first-order chi connectivity index (χ1) is 5.58. The fraction of sp³-hybridized carbons (Fsp3) is 0.143. The van der Waals surface area contributed by atoms with Crippen LogP contribution in [0.4, 0.5) is 5.69 Å². The van der Waals surface area contributed by atoms with Crippen LogP contribution in [0.15, 0.2) is 30.3 Å². The van der Waals surface area contributed by atoms with Crippen LogP contribution < -0.4 is 10.5 Å². The smallest absolute Gasteiger partial charge is 0.227 e. The van der Waals surface area contributed by atoms with Crippen molar-refractivity contribution in [3.05, 3.63) is 30.3 Å². The Balaban J connectivity index is 2.56. The molecule has 0 unspecified atom stereocenters. The Kier molecular flexibility index (Phi) is 2.67. The average molecular weight is 186 g/mol. The predicted molar refractivity (Wildman–Crippen MR) is 48.0 cm³/mol. The summed E-state index contributed by atoms with van der Waals surface area (Å²) in [6.07, 6.45) is 0. The number of nitrogens with one attached hydrogen (secondary N) is 1. The van der Waals surface area contributed by atoms with Gasteiger partial charge in [-0.15, -0.1) is 0 Å². The monoisotopic (exact) mass is 186 g/mol. The van der Waals surface area contributed by atoms with E-state index < -0.39 is 10.0 Å². The van der Waals surface area contributed by atoms with Crippen LogP contribution in [-0.4, -0.2) is 14.3 Å². The van der Waals surface area contributed by atoms with Crippen LogP contribution in [0.2, 0.25) is 0 Å². The summed E-state index contributed by atoms with van der Waals surface area (Å²) in [5.74, 6) is -0.239. The highest BCUT2D eigenvalue weighted by Gasteiger charge is 2.00. The van der Waals surface area contributed by atoms with E-state index in [-0.39, 0.29) is 5.88 Å². The van der Waals surface area contributed by atoms with Gasteiger partial charge in [-0.05, 0) is 12.1 Å². The van der Waals surface area contributed by atoms with Crippen molar-refractivity contribution in [1.82, 2.24) is 0 Å². The molecule has 1 rings (SSSR count). The number of hydrogen-bond acceptors (Lipinski definition) is 3. The van der Waals surface area contributed by atoms with E-state index in [1.807, 2.05) is 18.2 Å². The van der Waals surface area contributed by atoms with E-state index in [4.69, 9.17) is 5.14 Å². The molecule has 0 saturated carbocycles. The maximum Gasteiger partial charge on any atom is 0.227 e. The standard InChI is InChI=1S/C7H10N2O2S/c8-12(10,11)6-9-7-4-2-1-3-5-7/h1-5,9H,6H2,(H2,8,10,11). The number of primary sulfonamides is 1. The molecule has 12 heavy (non-hydrogen) atoms. The number of sulfonamides is 1. The normalized spacial score (nSPS) is 11.1. The van der Waals surface area contributed by atoms with Gasteiger partial charge in [0.2, 0.25) is 10.0 Å². The molecule has 0 bridgehead atoms. The molecule has 0 aliphatic heterocycles. The van der Waals surface area contributed by atoms with Gasteiger partial charge in [-0.3, -0.25) is 0 Å². The number of anilines is 1. The lowest BCUT2D eigenvalue weighted by molar-refractivity contribution is 0.599. The third-order valence-corrected chi connectivity index (χ3v) is 1.80. The number of nitrogens with two attached hydrogens (primary N) is 1. The van der Waals surface area contributed by atoms with Gasteiger partial charge in [0.1, 0.15) is 5.88 Å². The molecule has 1 aromatic carbocycles. The van der Waals surface area contributed by atoms with Crippen LogP contribution in [-0.2, 0) is 10.0 Å². The second kappa shape index (κ2) is 3.55. The van der Waals surface area contributed by atoms with E-state index in [0.29, 0.717) is 0 Å². The summed E-state index contributed by atoms with van der Waals surface area (Å²) in [5.41, 5.74) is 0.742. The van der Waals surface area contributed by atoms with E-state index in [0.717, 1.165) is 5.69 Å². The lowest BCUT2D eigenvalue weighted by atomic mass is 10.3. The van der Waals surface area contributed by atoms with Crippen LogP contribution >= 0.6 is 0 Å². The highest BCUT2D eigenvalue weighted by molar-refractivity contribution is 7.89. The van der Waals surface area contributed by atoms with Gasteiger partial charge in [-0.25, -0.2) is 13.6 Å². The van der Waals surface area contributed by atoms with Crippen molar-refractivity contribution in [2.45, 2.75) is 0 Å². The Bertz CT molecular complexity index is 334. The summed E-state index contributed by atoms with van der Waals surface area (Å²) in [6.45, 7) is 0. The van der Waals surface area contributed by atoms with Crippen LogP contribution in [0, 0.1) is 0 Å². The fourth-order valence-electron chi connectivity index (χ4n) is 0.740. The molecule has 0 atom stereocenters. The number of para-hydroxylation sites is 1. The van der Waals surface area contributed by atoms with Gasteiger partial charge in [0.05, 0.1) is 0 Å². The SMILES string of the molecule is NS(=O)(=O)CNc1ccccc1. The Labute approximate surface area is 71.4 Å². The number of benzene rings is 1. The molecule has 4 nitrogen and oxygen atoms in total. The van der Waals surface area contributed by atoms with E-state index in [2.05, 4.69) is 5.32 Å². The first-order valence-electron chi connectivity index (χ1n) is 3.37. The molecule has 0 heterocycles. The summed E-state index contributed by atoms with van der Waals surface area (Å²) < 4.78 is 21.0. The quantitative estimate of drug-likeness (QED) is 0.715. The summed E-state index contributed by atoms with van der Waals surface area (Å²) in [7, 11) is -3.43.